The molecule has 0 aromatic carbocycles. The van der Waals surface area contributed by atoms with E-state index in [0.717, 1.165) is 4.88 Å². The van der Waals surface area contributed by atoms with E-state index < -0.39 is 15.3 Å². The predicted molar refractivity (Wildman–Crippen MR) is 115 cm³/mol. The van der Waals surface area contributed by atoms with Gasteiger partial charge in [0.2, 0.25) is 15.9 Å². The van der Waals surface area contributed by atoms with Gasteiger partial charge in [-0.05, 0) is 30.5 Å². The molecule has 0 bridgehead atoms. The topological polar surface area (TPSA) is 96.7 Å². The van der Waals surface area contributed by atoms with Crippen molar-refractivity contribution in [1.82, 2.24) is 24.2 Å². The Labute approximate surface area is 178 Å². The smallest absolute Gasteiger partial charge is 0.244 e. The van der Waals surface area contributed by atoms with Crippen LogP contribution >= 0.6 is 23.1 Å². The third-order valence-corrected chi connectivity index (χ3v) is 8.32. The number of carbonyl (C=O) groups is 1. The molecule has 29 heavy (non-hydrogen) atoms. The average Bonchev–Trinajstić information content (AvgIpc) is 3.36. The number of hydrogen-bond donors (Lipinski definition) is 1. The summed E-state index contributed by atoms with van der Waals surface area (Å²) in [6.45, 7) is 6.65. The van der Waals surface area contributed by atoms with Gasteiger partial charge >= 0.3 is 0 Å². The zero-order valence-corrected chi connectivity index (χ0v) is 18.9. The van der Waals surface area contributed by atoms with Crippen LogP contribution in [0.2, 0.25) is 0 Å². The van der Waals surface area contributed by atoms with E-state index in [1.165, 1.54) is 28.3 Å². The number of thiophene rings is 1. The van der Waals surface area contributed by atoms with Crippen LogP contribution in [0.25, 0.3) is 5.65 Å². The molecule has 0 radical (unpaired) electrons. The molecule has 1 amide bonds. The lowest BCUT2D eigenvalue weighted by Crippen LogP contribution is -2.31. The van der Waals surface area contributed by atoms with Crippen molar-refractivity contribution in [2.75, 3.05) is 13.1 Å². The molecule has 0 unspecified atom stereocenters. The zero-order chi connectivity index (χ0) is 21.0. The third-order valence-electron chi connectivity index (χ3n) is 4.36. The summed E-state index contributed by atoms with van der Waals surface area (Å²) in [7, 11) is -3.60. The number of nitrogens with zero attached hydrogens (tertiary/aromatic N) is 4. The molecule has 3 rings (SSSR count). The third kappa shape index (κ3) is 4.80. The van der Waals surface area contributed by atoms with Crippen molar-refractivity contribution in [1.29, 1.82) is 0 Å². The first-order valence-electron chi connectivity index (χ1n) is 9.18. The van der Waals surface area contributed by atoms with Crippen molar-refractivity contribution < 1.29 is 13.2 Å². The molecule has 0 saturated heterocycles. The monoisotopic (exact) mass is 453 g/mol. The Morgan fingerprint density at radius 3 is 2.69 bits per heavy atom. The molecule has 0 aliphatic heterocycles. The molecule has 3 aromatic heterocycles. The fraction of sp³-hybridized carbons (Fsp3) is 0.389. The molecular weight excluding hydrogens is 430 g/mol. The first-order chi connectivity index (χ1) is 13.9. The maximum absolute atomic E-state index is 12.8. The second kappa shape index (κ2) is 9.24. The van der Waals surface area contributed by atoms with Crippen LogP contribution in [-0.4, -0.2) is 51.6 Å². The summed E-state index contributed by atoms with van der Waals surface area (Å²) in [6.07, 6.45) is 1.52. The number of hydrogen-bond acceptors (Lipinski definition) is 7. The van der Waals surface area contributed by atoms with E-state index in [-0.39, 0.29) is 10.8 Å². The highest BCUT2D eigenvalue weighted by atomic mass is 32.2. The maximum atomic E-state index is 12.8. The number of amides is 1. The van der Waals surface area contributed by atoms with Crippen molar-refractivity contribution >= 4 is 44.7 Å². The highest BCUT2D eigenvalue weighted by Crippen LogP contribution is 2.24. The Hall–Kier alpha value is -1.95. The van der Waals surface area contributed by atoms with Gasteiger partial charge in [0.1, 0.15) is 0 Å². The van der Waals surface area contributed by atoms with Crippen LogP contribution in [0.3, 0.4) is 0 Å². The van der Waals surface area contributed by atoms with Crippen molar-refractivity contribution in [3.05, 3.63) is 40.7 Å². The van der Waals surface area contributed by atoms with Crippen molar-refractivity contribution in [3.63, 3.8) is 0 Å². The molecular formula is C18H23N5O3S3. The number of pyridine rings is 1. The van der Waals surface area contributed by atoms with E-state index in [1.807, 2.05) is 17.5 Å². The van der Waals surface area contributed by atoms with E-state index in [1.54, 1.807) is 42.6 Å². The molecule has 0 fully saturated rings. The minimum absolute atomic E-state index is 0.118. The highest BCUT2D eigenvalue weighted by Gasteiger charge is 2.24. The minimum atomic E-state index is -3.60. The lowest BCUT2D eigenvalue weighted by Gasteiger charge is -2.18. The second-order valence-corrected chi connectivity index (χ2v) is 10.5. The zero-order valence-electron chi connectivity index (χ0n) is 16.4. The number of fused-ring (bicyclic) bond motifs is 1. The van der Waals surface area contributed by atoms with Crippen LogP contribution in [0.1, 0.15) is 25.6 Å². The molecule has 1 N–H and O–H groups in total. The Kier molecular flexibility index (Phi) is 6.93. The molecule has 11 heteroatoms. The summed E-state index contributed by atoms with van der Waals surface area (Å²) < 4.78 is 28.6. The van der Waals surface area contributed by atoms with Crippen molar-refractivity contribution in [2.24, 2.45) is 0 Å². The molecule has 3 aromatic rings. The number of thioether (sulfide) groups is 1. The molecule has 8 nitrogen and oxygen atoms in total. The van der Waals surface area contributed by atoms with E-state index in [0.29, 0.717) is 30.4 Å². The van der Waals surface area contributed by atoms with E-state index in [9.17, 15) is 13.2 Å². The summed E-state index contributed by atoms with van der Waals surface area (Å²) in [5.41, 5.74) is 0.525. The standard InChI is InChI=1S/C18H23N5O3S3/c1-4-22(5-2)29(25,26)15-8-9-16-20-21-18(23(16)12-15)28-13(3)17(24)19-11-14-7-6-10-27-14/h6-10,12-13H,4-5,11H2,1-3H3,(H,19,24)/t13-/m1/s1. The lowest BCUT2D eigenvalue weighted by atomic mass is 10.4. The molecule has 156 valence electrons. The quantitative estimate of drug-likeness (QED) is 0.500. The molecule has 3 heterocycles. The maximum Gasteiger partial charge on any atom is 0.244 e. The fourth-order valence-electron chi connectivity index (χ4n) is 2.74. The van der Waals surface area contributed by atoms with Crippen LogP contribution in [-0.2, 0) is 21.4 Å². The van der Waals surface area contributed by atoms with Gasteiger partial charge in [0, 0.05) is 24.2 Å². The van der Waals surface area contributed by atoms with Gasteiger partial charge in [-0.15, -0.1) is 21.5 Å². The highest BCUT2D eigenvalue weighted by molar-refractivity contribution is 8.00. The number of nitrogens with one attached hydrogen (secondary N) is 1. The second-order valence-electron chi connectivity index (χ2n) is 6.22. The van der Waals surface area contributed by atoms with Crippen LogP contribution < -0.4 is 5.32 Å². The van der Waals surface area contributed by atoms with Gasteiger partial charge in [-0.25, -0.2) is 8.42 Å². The molecule has 0 spiro atoms. The molecule has 0 saturated carbocycles. The van der Waals surface area contributed by atoms with Crippen molar-refractivity contribution in [3.8, 4) is 0 Å². The van der Waals surface area contributed by atoms with Gasteiger partial charge in [-0.1, -0.05) is 31.7 Å². The first kappa shape index (κ1) is 21.8. The van der Waals surface area contributed by atoms with Gasteiger partial charge in [0.05, 0.1) is 16.7 Å². The Bertz CT molecular complexity index is 1080. The number of carbonyl (C=O) groups excluding carboxylic acids is 1. The Morgan fingerprint density at radius 2 is 2.03 bits per heavy atom. The van der Waals surface area contributed by atoms with E-state index in [4.69, 9.17) is 0 Å². The van der Waals surface area contributed by atoms with Gasteiger partial charge in [0.25, 0.3) is 0 Å². The summed E-state index contributed by atoms with van der Waals surface area (Å²) in [4.78, 5) is 13.7. The summed E-state index contributed by atoms with van der Waals surface area (Å²) in [5, 5.41) is 13.1. The lowest BCUT2D eigenvalue weighted by molar-refractivity contribution is -0.120. The fourth-order valence-corrected chi connectivity index (χ4v) is 5.69. The summed E-state index contributed by atoms with van der Waals surface area (Å²) in [6, 6.07) is 7.06. The van der Waals surface area contributed by atoms with Crippen LogP contribution in [0.5, 0.6) is 0 Å². The predicted octanol–water partition coefficient (Wildman–Crippen LogP) is 2.62. The van der Waals surface area contributed by atoms with Gasteiger partial charge in [-0.2, -0.15) is 4.31 Å². The van der Waals surface area contributed by atoms with Gasteiger partial charge in [0.15, 0.2) is 10.8 Å². The number of rotatable bonds is 9. The minimum Gasteiger partial charge on any atom is -0.350 e. The summed E-state index contributed by atoms with van der Waals surface area (Å²) >= 11 is 2.82. The summed E-state index contributed by atoms with van der Waals surface area (Å²) in [5.74, 6) is -0.118. The van der Waals surface area contributed by atoms with Crippen molar-refractivity contribution in [2.45, 2.75) is 42.6 Å². The Morgan fingerprint density at radius 1 is 1.28 bits per heavy atom. The SMILES string of the molecule is CCN(CC)S(=O)(=O)c1ccc2nnc(S[C@H](C)C(=O)NCc3cccs3)n2c1. The number of aromatic nitrogens is 3. The molecule has 0 aliphatic rings. The van der Waals surface area contributed by atoms with Crippen LogP contribution in [0, 0.1) is 0 Å². The van der Waals surface area contributed by atoms with E-state index >= 15 is 0 Å². The first-order valence-corrected chi connectivity index (χ1v) is 12.4. The van der Waals surface area contributed by atoms with E-state index in [2.05, 4.69) is 15.5 Å². The van der Waals surface area contributed by atoms with Crippen LogP contribution in [0.4, 0.5) is 0 Å². The average molecular weight is 454 g/mol. The van der Waals surface area contributed by atoms with Gasteiger partial charge < -0.3 is 5.32 Å². The van der Waals surface area contributed by atoms with Crippen LogP contribution in [0.15, 0.2) is 45.9 Å². The normalized spacial score (nSPS) is 13.1. The Balaban J connectivity index is 1.78. The van der Waals surface area contributed by atoms with Gasteiger partial charge in [-0.3, -0.25) is 9.20 Å². The molecule has 1 atom stereocenters. The number of sulfonamides is 1. The largest absolute Gasteiger partial charge is 0.350 e. The molecule has 0 aliphatic carbocycles.